The number of nitrogens with zero attached hydrogens (tertiary/aromatic N) is 2. The molecule has 38 heavy (non-hydrogen) atoms. The fourth-order valence-electron chi connectivity index (χ4n) is 4.35. The Hall–Kier alpha value is -3.46. The van der Waals surface area contributed by atoms with E-state index in [0.29, 0.717) is 5.56 Å². The molecule has 1 heterocycles. The van der Waals surface area contributed by atoms with Crippen LogP contribution in [0.1, 0.15) is 22.7 Å². The molecule has 0 aromatic heterocycles. The molecule has 0 bridgehead atoms. The van der Waals surface area contributed by atoms with Crippen molar-refractivity contribution in [3.8, 4) is 0 Å². The van der Waals surface area contributed by atoms with Gasteiger partial charge in [0.2, 0.25) is 0 Å². The highest BCUT2D eigenvalue weighted by Crippen LogP contribution is 2.39. The summed E-state index contributed by atoms with van der Waals surface area (Å²) >= 11 is 3.49. The van der Waals surface area contributed by atoms with Crippen LogP contribution in [0.4, 0.5) is 10.1 Å². The van der Waals surface area contributed by atoms with Crippen molar-refractivity contribution in [1.29, 1.82) is 0 Å². The molecule has 4 aromatic carbocycles. The second kappa shape index (κ2) is 11.1. The third-order valence-electron chi connectivity index (χ3n) is 6.34. The van der Waals surface area contributed by atoms with Crippen molar-refractivity contribution >= 4 is 31.6 Å². The van der Waals surface area contributed by atoms with Gasteiger partial charge in [0.25, 0.3) is 10.0 Å². The van der Waals surface area contributed by atoms with Crippen molar-refractivity contribution in [2.24, 2.45) is 0 Å². The quantitative estimate of drug-likeness (QED) is 0.228. The van der Waals surface area contributed by atoms with E-state index >= 15 is 0 Å². The second-order valence-electron chi connectivity index (χ2n) is 9.08. The fraction of sp³-hybridized carbons (Fsp3) is 0.133. The molecule has 0 saturated carbocycles. The van der Waals surface area contributed by atoms with Crippen molar-refractivity contribution in [1.82, 2.24) is 4.31 Å². The van der Waals surface area contributed by atoms with Gasteiger partial charge < -0.3 is 0 Å². The van der Waals surface area contributed by atoms with Gasteiger partial charge in [0, 0.05) is 16.2 Å². The van der Waals surface area contributed by atoms with E-state index in [9.17, 15) is 12.8 Å². The molecule has 5 rings (SSSR count). The average Bonchev–Trinajstić information content (AvgIpc) is 3.34. The number of benzene rings is 4. The van der Waals surface area contributed by atoms with Crippen LogP contribution in [0, 0.1) is 12.7 Å². The number of hydroxylamine groups is 1. The number of aryl methyl sites for hydroxylation is 1. The highest BCUT2D eigenvalue weighted by Gasteiger charge is 2.34. The molecule has 0 spiro atoms. The number of rotatable bonds is 7. The summed E-state index contributed by atoms with van der Waals surface area (Å²) in [5.41, 5.74) is 4.21. The molecule has 1 saturated heterocycles. The van der Waals surface area contributed by atoms with Gasteiger partial charge in [0.05, 0.1) is 17.1 Å². The summed E-state index contributed by atoms with van der Waals surface area (Å²) in [6, 6.07) is 29.9. The number of anilines is 1. The Bertz CT molecular complexity index is 1530. The highest BCUT2D eigenvalue weighted by molar-refractivity contribution is 9.10. The summed E-state index contributed by atoms with van der Waals surface area (Å²) in [4.78, 5) is 6.31. The minimum Gasteiger partial charge on any atom is -0.269 e. The molecule has 1 aliphatic heterocycles. The molecule has 1 unspecified atom stereocenters. The van der Waals surface area contributed by atoms with Crippen LogP contribution in [0.15, 0.2) is 124 Å². The zero-order valence-electron chi connectivity index (χ0n) is 20.7. The summed E-state index contributed by atoms with van der Waals surface area (Å²) in [5, 5.41) is 1.81. The van der Waals surface area contributed by atoms with Crippen molar-refractivity contribution in [2.75, 3.05) is 11.7 Å². The lowest BCUT2D eigenvalue weighted by molar-refractivity contribution is 0.162. The summed E-state index contributed by atoms with van der Waals surface area (Å²) in [6.45, 7) is 2.16. The molecular formula is C30H26BrFN2O3S. The molecule has 0 radical (unpaired) electrons. The van der Waals surface area contributed by atoms with Crippen molar-refractivity contribution < 1.29 is 17.6 Å². The predicted molar refractivity (Wildman–Crippen MR) is 150 cm³/mol. The van der Waals surface area contributed by atoms with Gasteiger partial charge in [-0.05, 0) is 66.6 Å². The maximum atomic E-state index is 13.9. The van der Waals surface area contributed by atoms with Crippen LogP contribution in [-0.4, -0.2) is 19.3 Å². The topological polar surface area (TPSA) is 49.9 Å². The zero-order valence-corrected chi connectivity index (χ0v) is 23.1. The first-order chi connectivity index (χ1) is 18.3. The maximum Gasteiger partial charge on any atom is 0.264 e. The van der Waals surface area contributed by atoms with Crippen LogP contribution in [0.25, 0.3) is 0 Å². The number of para-hydroxylation sites is 1. The third-order valence-corrected chi connectivity index (χ3v) is 8.59. The van der Waals surface area contributed by atoms with Gasteiger partial charge in [0.1, 0.15) is 18.5 Å². The first-order valence-corrected chi connectivity index (χ1v) is 14.3. The van der Waals surface area contributed by atoms with Gasteiger partial charge in [-0.3, -0.25) is 9.14 Å². The van der Waals surface area contributed by atoms with Crippen LogP contribution >= 0.6 is 15.9 Å². The Morgan fingerprint density at radius 2 is 1.61 bits per heavy atom. The van der Waals surface area contributed by atoms with E-state index in [1.54, 1.807) is 42.6 Å². The van der Waals surface area contributed by atoms with Crippen molar-refractivity contribution in [3.63, 3.8) is 0 Å². The van der Waals surface area contributed by atoms with E-state index in [0.717, 1.165) is 26.9 Å². The van der Waals surface area contributed by atoms with Gasteiger partial charge in [-0.2, -0.15) is 0 Å². The summed E-state index contributed by atoms with van der Waals surface area (Å²) in [5.74, 6) is -0.377. The van der Waals surface area contributed by atoms with Crippen molar-refractivity contribution in [3.05, 3.63) is 142 Å². The van der Waals surface area contributed by atoms with E-state index in [1.807, 2.05) is 66.6 Å². The second-order valence-corrected chi connectivity index (χ2v) is 11.9. The van der Waals surface area contributed by atoms with Crippen molar-refractivity contribution in [2.45, 2.75) is 24.4 Å². The first-order valence-electron chi connectivity index (χ1n) is 12.1. The molecule has 1 fully saturated rings. The highest BCUT2D eigenvalue weighted by atomic mass is 79.9. The maximum absolute atomic E-state index is 13.9. The van der Waals surface area contributed by atoms with Crippen LogP contribution in [0.3, 0.4) is 0 Å². The van der Waals surface area contributed by atoms with Crippen LogP contribution in [0.5, 0.6) is 0 Å². The molecule has 194 valence electrons. The Morgan fingerprint density at radius 1 is 0.947 bits per heavy atom. The molecule has 1 aliphatic rings. The largest absolute Gasteiger partial charge is 0.269 e. The zero-order chi connectivity index (χ0) is 26.7. The molecule has 0 aliphatic carbocycles. The normalized spacial score (nSPS) is 16.7. The Labute approximate surface area is 230 Å². The number of halogens is 2. The standard InChI is InChI=1S/C30H26BrFN2O3S/c1-22-7-17-29(18-8-22)38(35,36)33(19-23-9-15-27(32)16-10-23)20-25-21-37-34(28-5-3-2-4-6-28)30(25)24-11-13-26(31)14-12-24/h2-18,20,30H,19,21H2,1H3/b25-20+. The predicted octanol–water partition coefficient (Wildman–Crippen LogP) is 7.16. The first kappa shape index (κ1) is 26.2. The Balaban J connectivity index is 1.60. The van der Waals surface area contributed by atoms with E-state index in [4.69, 9.17) is 4.84 Å². The molecule has 8 heteroatoms. The molecule has 0 amide bonds. The SMILES string of the molecule is Cc1ccc(S(=O)(=O)N(/C=C2\CON(c3ccccc3)C2c2ccc(Br)cc2)Cc2ccc(F)cc2)cc1. The lowest BCUT2D eigenvalue weighted by atomic mass is 10.00. The lowest BCUT2D eigenvalue weighted by Crippen LogP contribution is -2.27. The van der Waals surface area contributed by atoms with Crippen LogP contribution in [0.2, 0.25) is 0 Å². The number of hydrogen-bond acceptors (Lipinski definition) is 4. The molecular weight excluding hydrogens is 567 g/mol. The Morgan fingerprint density at radius 3 is 2.26 bits per heavy atom. The minimum atomic E-state index is -3.93. The van der Waals surface area contributed by atoms with Gasteiger partial charge in [-0.15, -0.1) is 0 Å². The monoisotopic (exact) mass is 592 g/mol. The van der Waals surface area contributed by atoms with Crippen LogP contribution < -0.4 is 5.06 Å². The summed E-state index contributed by atoms with van der Waals surface area (Å²) < 4.78 is 43.6. The van der Waals surface area contributed by atoms with E-state index < -0.39 is 10.0 Å². The van der Waals surface area contributed by atoms with E-state index in [-0.39, 0.29) is 29.9 Å². The van der Waals surface area contributed by atoms with E-state index in [1.165, 1.54) is 16.4 Å². The minimum absolute atomic E-state index is 0.0401. The lowest BCUT2D eigenvalue weighted by Gasteiger charge is -2.27. The summed E-state index contributed by atoms with van der Waals surface area (Å²) in [6.07, 6.45) is 1.66. The van der Waals surface area contributed by atoms with Gasteiger partial charge in [-0.25, -0.2) is 17.9 Å². The van der Waals surface area contributed by atoms with Gasteiger partial charge >= 0.3 is 0 Å². The smallest absolute Gasteiger partial charge is 0.264 e. The van der Waals surface area contributed by atoms with E-state index in [2.05, 4.69) is 15.9 Å². The number of hydrogen-bond donors (Lipinski definition) is 0. The average molecular weight is 594 g/mol. The molecule has 1 atom stereocenters. The third kappa shape index (κ3) is 5.67. The molecule has 0 N–H and O–H groups in total. The van der Waals surface area contributed by atoms with Gasteiger partial charge in [-0.1, -0.05) is 76.1 Å². The molecule has 4 aromatic rings. The Kier molecular flexibility index (Phi) is 7.65. The molecule has 5 nitrogen and oxygen atoms in total. The fourth-order valence-corrected chi connectivity index (χ4v) is 5.96. The van der Waals surface area contributed by atoms with Crippen LogP contribution in [-0.2, 0) is 21.4 Å². The van der Waals surface area contributed by atoms with Gasteiger partial charge in [0.15, 0.2) is 0 Å². The summed E-state index contributed by atoms with van der Waals surface area (Å²) in [7, 11) is -3.93. The number of sulfonamides is 1.